The van der Waals surface area contributed by atoms with Gasteiger partial charge in [0.2, 0.25) is 0 Å². The molecule has 0 saturated carbocycles. The Morgan fingerprint density at radius 3 is 2.28 bits per heavy atom. The van der Waals surface area contributed by atoms with E-state index in [2.05, 4.69) is 0 Å². The molecule has 2 aromatic rings. The highest BCUT2D eigenvalue weighted by atomic mass is 32.2. The van der Waals surface area contributed by atoms with Gasteiger partial charge in [-0.25, -0.2) is 8.42 Å². The minimum atomic E-state index is -4.39. The molecule has 0 radical (unpaired) electrons. The summed E-state index contributed by atoms with van der Waals surface area (Å²) >= 11 is 1.16. The first-order chi connectivity index (χ1) is 11.8. The Morgan fingerprint density at radius 1 is 1.00 bits per heavy atom. The van der Waals surface area contributed by atoms with E-state index < -0.39 is 21.8 Å². The van der Waals surface area contributed by atoms with Crippen molar-refractivity contribution in [3.63, 3.8) is 0 Å². The maximum Gasteiger partial charge on any atom is 0.416 e. The molecule has 1 saturated heterocycles. The van der Waals surface area contributed by atoms with Crippen LogP contribution < -0.4 is 0 Å². The van der Waals surface area contributed by atoms with Gasteiger partial charge in [0.05, 0.1) is 5.56 Å². The fraction of sp³-hybridized carbons (Fsp3) is 0.375. The second kappa shape index (κ2) is 7.06. The quantitative estimate of drug-likeness (QED) is 0.805. The SMILES string of the molecule is O=S(=O)(c1cccs1)N1CCN(Cc2ccccc2C(F)(F)F)CC1. The summed E-state index contributed by atoms with van der Waals surface area (Å²) in [6.45, 7) is 1.50. The zero-order valence-corrected chi connectivity index (χ0v) is 14.9. The number of hydrogen-bond donors (Lipinski definition) is 0. The number of benzene rings is 1. The highest BCUT2D eigenvalue weighted by Gasteiger charge is 2.34. The van der Waals surface area contributed by atoms with Crippen molar-refractivity contribution in [3.05, 3.63) is 52.9 Å². The molecule has 2 heterocycles. The van der Waals surface area contributed by atoms with Gasteiger partial charge in [0, 0.05) is 32.7 Å². The van der Waals surface area contributed by atoms with Crippen LogP contribution in [0.25, 0.3) is 0 Å². The van der Waals surface area contributed by atoms with Gasteiger partial charge in [-0.05, 0) is 23.1 Å². The number of sulfonamides is 1. The molecular formula is C16H17F3N2O2S2. The maximum absolute atomic E-state index is 13.1. The second-order valence-electron chi connectivity index (χ2n) is 5.77. The van der Waals surface area contributed by atoms with Gasteiger partial charge in [0.1, 0.15) is 4.21 Å². The van der Waals surface area contributed by atoms with Gasteiger partial charge in [-0.1, -0.05) is 24.3 Å². The van der Waals surface area contributed by atoms with E-state index in [0.29, 0.717) is 17.3 Å². The Labute approximate surface area is 148 Å². The largest absolute Gasteiger partial charge is 0.416 e. The molecule has 1 fully saturated rings. The van der Waals surface area contributed by atoms with Crippen LogP contribution in [0.4, 0.5) is 13.2 Å². The average molecular weight is 390 g/mol. The molecule has 0 amide bonds. The highest BCUT2D eigenvalue weighted by molar-refractivity contribution is 7.91. The Morgan fingerprint density at radius 2 is 1.68 bits per heavy atom. The van der Waals surface area contributed by atoms with Crippen LogP contribution in [0.1, 0.15) is 11.1 Å². The summed E-state index contributed by atoms with van der Waals surface area (Å²) in [5.74, 6) is 0. The molecule has 0 bridgehead atoms. The summed E-state index contributed by atoms with van der Waals surface area (Å²) in [7, 11) is -3.50. The van der Waals surface area contributed by atoms with Gasteiger partial charge in [0.25, 0.3) is 10.0 Å². The van der Waals surface area contributed by atoms with E-state index in [0.717, 1.165) is 17.4 Å². The predicted molar refractivity (Wildman–Crippen MR) is 89.8 cm³/mol. The number of hydrogen-bond acceptors (Lipinski definition) is 4. The fourth-order valence-electron chi connectivity index (χ4n) is 2.84. The van der Waals surface area contributed by atoms with Crippen molar-refractivity contribution in [1.29, 1.82) is 0 Å². The Hall–Kier alpha value is -1.42. The minimum absolute atomic E-state index is 0.155. The molecule has 1 aliphatic heterocycles. The van der Waals surface area contributed by atoms with Crippen molar-refractivity contribution in [2.75, 3.05) is 26.2 Å². The summed E-state index contributed by atoms with van der Waals surface area (Å²) < 4.78 is 65.8. The normalized spacial score (nSPS) is 17.7. The van der Waals surface area contributed by atoms with Gasteiger partial charge in [0.15, 0.2) is 0 Å². The van der Waals surface area contributed by atoms with E-state index >= 15 is 0 Å². The number of rotatable bonds is 4. The topological polar surface area (TPSA) is 40.6 Å². The first-order valence-corrected chi connectivity index (χ1v) is 10.0. The third-order valence-electron chi connectivity index (χ3n) is 4.14. The molecule has 4 nitrogen and oxygen atoms in total. The van der Waals surface area contributed by atoms with Crippen LogP contribution in [0.15, 0.2) is 46.0 Å². The third kappa shape index (κ3) is 4.05. The smallest absolute Gasteiger partial charge is 0.296 e. The van der Waals surface area contributed by atoms with Crippen molar-refractivity contribution in [2.24, 2.45) is 0 Å². The van der Waals surface area contributed by atoms with Crippen molar-refractivity contribution in [1.82, 2.24) is 9.21 Å². The first kappa shape index (κ1) is 18.4. The van der Waals surface area contributed by atoms with Crippen LogP contribution >= 0.6 is 11.3 Å². The summed E-state index contributed by atoms with van der Waals surface area (Å²) in [5, 5.41) is 1.71. The van der Waals surface area contributed by atoms with E-state index in [-0.39, 0.29) is 25.2 Å². The lowest BCUT2D eigenvalue weighted by Gasteiger charge is -2.34. The summed E-state index contributed by atoms with van der Waals surface area (Å²) in [6.07, 6.45) is -4.39. The molecule has 9 heteroatoms. The summed E-state index contributed by atoms with van der Waals surface area (Å²) in [4.78, 5) is 1.85. The molecule has 0 atom stereocenters. The molecule has 1 aliphatic rings. The van der Waals surface area contributed by atoms with Crippen molar-refractivity contribution in [2.45, 2.75) is 16.9 Å². The number of halogens is 3. The molecule has 1 aromatic carbocycles. The van der Waals surface area contributed by atoms with Gasteiger partial charge < -0.3 is 0 Å². The number of thiophene rings is 1. The molecule has 25 heavy (non-hydrogen) atoms. The van der Waals surface area contributed by atoms with Gasteiger partial charge in [-0.2, -0.15) is 17.5 Å². The van der Waals surface area contributed by atoms with Gasteiger partial charge in [-0.3, -0.25) is 4.90 Å². The van der Waals surface area contributed by atoms with Crippen LogP contribution in [0.5, 0.6) is 0 Å². The standard InChI is InChI=1S/C16H17F3N2O2S2/c17-16(18,19)14-5-2-1-4-13(14)12-20-7-9-21(10-8-20)25(22,23)15-6-3-11-24-15/h1-6,11H,7-10,12H2. The third-order valence-corrected chi connectivity index (χ3v) is 7.41. The lowest BCUT2D eigenvalue weighted by atomic mass is 10.1. The summed E-state index contributed by atoms with van der Waals surface area (Å²) in [6, 6.07) is 8.75. The lowest BCUT2D eigenvalue weighted by Crippen LogP contribution is -2.48. The number of alkyl halides is 3. The number of nitrogens with zero attached hydrogens (tertiary/aromatic N) is 2. The molecular weight excluding hydrogens is 373 g/mol. The predicted octanol–water partition coefficient (Wildman–Crippen LogP) is 3.27. The fourth-order valence-corrected chi connectivity index (χ4v) is 5.41. The zero-order chi connectivity index (χ0) is 18.1. The molecule has 1 aromatic heterocycles. The summed E-state index contributed by atoms with van der Waals surface area (Å²) in [5.41, 5.74) is -0.423. The van der Waals surface area contributed by atoms with Gasteiger partial charge >= 0.3 is 6.18 Å². The lowest BCUT2D eigenvalue weighted by molar-refractivity contribution is -0.138. The van der Waals surface area contributed by atoms with E-state index in [1.807, 2.05) is 4.90 Å². The Balaban J connectivity index is 1.66. The second-order valence-corrected chi connectivity index (χ2v) is 8.88. The highest BCUT2D eigenvalue weighted by Crippen LogP contribution is 2.32. The van der Waals surface area contributed by atoms with Crippen LogP contribution in [0.3, 0.4) is 0 Å². The van der Waals surface area contributed by atoms with Crippen molar-refractivity contribution >= 4 is 21.4 Å². The molecule has 3 rings (SSSR count). The molecule has 0 unspecified atom stereocenters. The van der Waals surface area contributed by atoms with Crippen molar-refractivity contribution < 1.29 is 21.6 Å². The van der Waals surface area contributed by atoms with E-state index in [1.165, 1.54) is 16.4 Å². The molecule has 0 N–H and O–H groups in total. The van der Waals surface area contributed by atoms with Crippen molar-refractivity contribution in [3.8, 4) is 0 Å². The first-order valence-electron chi connectivity index (χ1n) is 7.69. The van der Waals surface area contributed by atoms with E-state index in [9.17, 15) is 21.6 Å². The molecule has 136 valence electrons. The average Bonchev–Trinajstić information content (AvgIpc) is 3.10. The van der Waals surface area contributed by atoms with Crippen LogP contribution in [-0.4, -0.2) is 43.8 Å². The molecule has 0 spiro atoms. The Bertz CT molecular complexity index is 812. The molecule has 0 aliphatic carbocycles. The minimum Gasteiger partial charge on any atom is -0.296 e. The van der Waals surface area contributed by atoms with Crippen LogP contribution in [-0.2, 0) is 22.7 Å². The van der Waals surface area contributed by atoms with Crippen LogP contribution in [0.2, 0.25) is 0 Å². The monoisotopic (exact) mass is 390 g/mol. The van der Waals surface area contributed by atoms with Gasteiger partial charge in [-0.15, -0.1) is 11.3 Å². The van der Waals surface area contributed by atoms with E-state index in [1.54, 1.807) is 23.6 Å². The van der Waals surface area contributed by atoms with E-state index in [4.69, 9.17) is 0 Å². The van der Waals surface area contributed by atoms with Crippen LogP contribution in [0, 0.1) is 0 Å². The Kier molecular flexibility index (Phi) is 5.19. The number of piperazine rings is 1. The zero-order valence-electron chi connectivity index (χ0n) is 13.2. The maximum atomic E-state index is 13.1.